The van der Waals surface area contributed by atoms with E-state index in [1.54, 1.807) is 18.5 Å². The summed E-state index contributed by atoms with van der Waals surface area (Å²) >= 11 is 0. The first-order chi connectivity index (χ1) is 21.2. The number of aromatic amines is 1. The van der Waals surface area contributed by atoms with Crippen molar-refractivity contribution in [3.05, 3.63) is 90.3 Å². The first-order valence-electron chi connectivity index (χ1n) is 13.4. The van der Waals surface area contributed by atoms with Crippen LogP contribution in [-0.2, 0) is 32.0 Å². The van der Waals surface area contributed by atoms with E-state index in [0.29, 0.717) is 6.42 Å². The lowest BCUT2D eigenvalue weighted by atomic mass is 10.1. The summed E-state index contributed by atoms with van der Waals surface area (Å²) in [6.07, 6.45) is 2.44. The molecule has 15 N–H and O–H groups in total. The van der Waals surface area contributed by atoms with Crippen LogP contribution in [0.3, 0.4) is 0 Å². The summed E-state index contributed by atoms with van der Waals surface area (Å²) in [6, 6.07) is 18.6. The number of aromatic hydroxyl groups is 1. The molecule has 0 fully saturated rings. The molecule has 3 atom stereocenters. The van der Waals surface area contributed by atoms with E-state index >= 15 is 0 Å². The van der Waals surface area contributed by atoms with Crippen molar-refractivity contribution in [2.24, 2.45) is 22.9 Å². The average molecular weight is 626 g/mol. The number of imidazole rings is 1. The molecular formula is C30H39N7O8. The molecule has 3 aromatic carbocycles. The highest BCUT2D eigenvalue weighted by molar-refractivity contribution is 5.78. The van der Waals surface area contributed by atoms with Crippen LogP contribution in [0.5, 0.6) is 5.75 Å². The number of carbonyl (C=O) groups excluding carboxylic acids is 1. The molecule has 242 valence electrons. The monoisotopic (exact) mass is 625 g/mol. The highest BCUT2D eigenvalue weighted by Crippen LogP contribution is 2.12. The van der Waals surface area contributed by atoms with E-state index in [1.165, 1.54) is 12.1 Å². The van der Waals surface area contributed by atoms with Gasteiger partial charge in [0.1, 0.15) is 23.9 Å². The lowest BCUT2D eigenvalue weighted by molar-refractivity contribution is -0.139. The number of carboxylic acid groups (broad SMARTS) is 3. The number of phenolic OH excluding ortho intramolecular Hbond substituents is 1. The van der Waals surface area contributed by atoms with E-state index in [0.717, 1.165) is 27.8 Å². The number of nitrogens with one attached hydrogen (secondary N) is 1. The van der Waals surface area contributed by atoms with Crippen LogP contribution >= 0.6 is 0 Å². The van der Waals surface area contributed by atoms with Gasteiger partial charge in [-0.3, -0.25) is 19.2 Å². The van der Waals surface area contributed by atoms with E-state index in [1.807, 2.05) is 48.5 Å². The van der Waals surface area contributed by atoms with Crippen LogP contribution in [0.2, 0.25) is 0 Å². The Hall–Kier alpha value is -5.51. The van der Waals surface area contributed by atoms with Crippen molar-refractivity contribution in [3.8, 4) is 5.75 Å². The molecule has 45 heavy (non-hydrogen) atoms. The predicted octanol–water partition coefficient (Wildman–Crippen LogP) is 0.797. The number of H-pyrrole nitrogens is 1. The number of fused-ring (bicyclic) bond motifs is 1. The molecule has 0 aliphatic rings. The molecular weight excluding hydrogens is 586 g/mol. The minimum Gasteiger partial charge on any atom is -0.508 e. The van der Waals surface area contributed by atoms with Crippen LogP contribution in [0.4, 0.5) is 5.69 Å². The van der Waals surface area contributed by atoms with Crippen LogP contribution in [0.15, 0.2) is 79.1 Å². The van der Waals surface area contributed by atoms with Gasteiger partial charge in [-0.1, -0.05) is 42.5 Å². The van der Waals surface area contributed by atoms with Crippen molar-refractivity contribution in [2.75, 3.05) is 5.73 Å². The fourth-order valence-corrected chi connectivity index (χ4v) is 3.30. The lowest BCUT2D eigenvalue weighted by Gasteiger charge is -2.05. The number of amides is 1. The number of nitrogens with zero attached hydrogens (tertiary/aromatic N) is 1. The van der Waals surface area contributed by atoms with Crippen LogP contribution in [0.1, 0.15) is 24.0 Å². The Morgan fingerprint density at radius 3 is 1.73 bits per heavy atom. The Balaban J connectivity index is 0.000000302. The Kier molecular flexibility index (Phi) is 16.4. The van der Waals surface area contributed by atoms with Gasteiger partial charge in [-0.25, -0.2) is 4.98 Å². The zero-order valence-electron chi connectivity index (χ0n) is 24.3. The van der Waals surface area contributed by atoms with Gasteiger partial charge >= 0.3 is 17.9 Å². The maximum atomic E-state index is 10.4. The van der Waals surface area contributed by atoms with Gasteiger partial charge in [-0.15, -0.1) is 0 Å². The standard InChI is InChI=1S/C9H11NO3.C9H11NO2.C7H7N3.C5H10N2O3/c10-8(9(12)13)5-6-1-3-7(11)4-2-6;10-8(9(11)12)6-7-4-2-1-3-5-7;8-5-1-2-6-7(3-5)10-4-9-6;6-3(5(9)10)1-2-4(7)8/h1-4,8,11H,5,10H2,(H,12,13);1-5,8H,6,10H2,(H,11,12);1-4H,8H2,(H,9,10);3H,1-2,6H2,(H2,7,8)(H,9,10). The number of phenols is 1. The smallest absolute Gasteiger partial charge is 0.320 e. The van der Waals surface area contributed by atoms with Crippen LogP contribution in [0.25, 0.3) is 11.0 Å². The number of carbonyl (C=O) groups is 4. The third-order valence-electron chi connectivity index (χ3n) is 5.79. The molecule has 15 heteroatoms. The number of hydrogen-bond acceptors (Lipinski definition) is 10. The molecule has 4 aromatic rings. The Morgan fingerprint density at radius 2 is 1.24 bits per heavy atom. The second-order valence-electron chi connectivity index (χ2n) is 9.58. The number of aliphatic carboxylic acids is 3. The van der Waals surface area contributed by atoms with Gasteiger partial charge in [0.15, 0.2) is 0 Å². The first kappa shape index (κ1) is 37.5. The molecule has 15 nitrogen and oxygen atoms in total. The van der Waals surface area contributed by atoms with Gasteiger partial charge in [0.25, 0.3) is 0 Å². The highest BCUT2D eigenvalue weighted by Gasteiger charge is 2.12. The number of nitrogens with two attached hydrogens (primary N) is 5. The van der Waals surface area contributed by atoms with E-state index in [2.05, 4.69) is 9.97 Å². The molecule has 0 radical (unpaired) electrons. The zero-order valence-corrected chi connectivity index (χ0v) is 24.3. The van der Waals surface area contributed by atoms with Crippen LogP contribution in [-0.4, -0.2) is 72.3 Å². The minimum atomic E-state index is -1.11. The predicted molar refractivity (Wildman–Crippen MR) is 168 cm³/mol. The second kappa shape index (κ2) is 19.6. The molecule has 0 bridgehead atoms. The van der Waals surface area contributed by atoms with Crippen molar-refractivity contribution < 1.29 is 39.6 Å². The minimum absolute atomic E-state index is 0.0213. The molecule has 1 aromatic heterocycles. The highest BCUT2D eigenvalue weighted by atomic mass is 16.4. The van der Waals surface area contributed by atoms with Gasteiger partial charge in [0, 0.05) is 12.1 Å². The number of benzene rings is 3. The average Bonchev–Trinajstić information content (AvgIpc) is 3.46. The summed E-state index contributed by atoms with van der Waals surface area (Å²) in [5.74, 6) is -3.46. The van der Waals surface area contributed by atoms with Gasteiger partial charge in [-0.2, -0.15) is 0 Å². The molecule has 1 heterocycles. The number of carboxylic acids is 3. The van der Waals surface area contributed by atoms with Crippen molar-refractivity contribution >= 4 is 40.5 Å². The molecule has 1 amide bonds. The Morgan fingerprint density at radius 1 is 0.733 bits per heavy atom. The summed E-state index contributed by atoms with van der Waals surface area (Å²) in [5.41, 5.74) is 30.5. The van der Waals surface area contributed by atoms with Gasteiger partial charge < -0.3 is 54.1 Å². The van der Waals surface area contributed by atoms with E-state index in [9.17, 15) is 19.2 Å². The first-order valence-corrected chi connectivity index (χ1v) is 13.4. The number of primary amides is 1. The van der Waals surface area contributed by atoms with E-state index in [4.69, 9.17) is 49.1 Å². The third kappa shape index (κ3) is 16.1. The molecule has 4 rings (SSSR count). The van der Waals surface area contributed by atoms with E-state index in [-0.39, 0.29) is 25.0 Å². The maximum absolute atomic E-state index is 10.4. The summed E-state index contributed by atoms with van der Waals surface area (Å²) in [4.78, 5) is 47.9. The molecule has 0 aliphatic carbocycles. The summed E-state index contributed by atoms with van der Waals surface area (Å²) in [6.45, 7) is 0. The van der Waals surface area contributed by atoms with Crippen molar-refractivity contribution in [2.45, 2.75) is 43.8 Å². The Labute approximate surface area is 258 Å². The number of nitrogen functional groups attached to an aromatic ring is 1. The number of aromatic nitrogens is 2. The SMILES string of the molecule is NC(=O)CCC(N)C(=O)O.NC(Cc1ccc(O)cc1)C(=O)O.NC(Cc1ccccc1)C(=O)O.Nc1ccc2nc[nH]c2c1. The lowest BCUT2D eigenvalue weighted by Crippen LogP contribution is -2.32. The fourth-order valence-electron chi connectivity index (χ4n) is 3.30. The topological polar surface area (TPSA) is 308 Å². The van der Waals surface area contributed by atoms with Crippen LogP contribution < -0.4 is 28.7 Å². The fraction of sp³-hybridized carbons (Fsp3) is 0.233. The van der Waals surface area contributed by atoms with Crippen molar-refractivity contribution in [1.29, 1.82) is 0 Å². The second-order valence-corrected chi connectivity index (χ2v) is 9.58. The molecule has 0 spiro atoms. The van der Waals surface area contributed by atoms with Crippen LogP contribution in [0, 0.1) is 0 Å². The molecule has 0 saturated heterocycles. The summed E-state index contributed by atoms with van der Waals surface area (Å²) < 4.78 is 0. The summed E-state index contributed by atoms with van der Waals surface area (Å²) in [7, 11) is 0. The third-order valence-corrected chi connectivity index (χ3v) is 5.79. The van der Waals surface area contributed by atoms with Crippen molar-refractivity contribution in [1.82, 2.24) is 9.97 Å². The van der Waals surface area contributed by atoms with Gasteiger partial charge in [-0.05, 0) is 60.7 Å². The normalized spacial score (nSPS) is 12.0. The number of anilines is 1. The molecule has 3 unspecified atom stereocenters. The zero-order chi connectivity index (χ0) is 33.9. The van der Waals surface area contributed by atoms with Gasteiger partial charge in [0.05, 0.1) is 17.4 Å². The number of rotatable bonds is 10. The van der Waals surface area contributed by atoms with Crippen molar-refractivity contribution in [3.63, 3.8) is 0 Å². The molecule has 0 saturated carbocycles. The molecule has 0 aliphatic heterocycles. The Bertz CT molecular complexity index is 1500. The van der Waals surface area contributed by atoms with Gasteiger partial charge in [0.2, 0.25) is 5.91 Å². The van der Waals surface area contributed by atoms with E-state index < -0.39 is 41.9 Å². The number of hydrogen-bond donors (Lipinski definition) is 10. The maximum Gasteiger partial charge on any atom is 0.320 e. The summed E-state index contributed by atoms with van der Waals surface area (Å²) in [5, 5.41) is 34.2. The largest absolute Gasteiger partial charge is 0.508 e. The quantitative estimate of drug-likeness (QED) is 0.109.